The lowest BCUT2D eigenvalue weighted by Gasteiger charge is -2.15. The average molecular weight is 765 g/mol. The van der Waals surface area contributed by atoms with E-state index >= 15 is 0 Å². The SMILES string of the molecule is C=C(NC(C)=O)c1ccccc1.CC(=O)N[C@H](C)c1ccccc1.COC(=O)/C(=C/c1ccccc1)NC(C)=O.COC(=O)[C@@H](Cc1ccccc1)NC(C)=O. The highest BCUT2D eigenvalue weighted by Crippen LogP contribution is 2.11. The zero-order chi connectivity index (χ0) is 41.9. The third kappa shape index (κ3) is 21.0. The van der Waals surface area contributed by atoms with Gasteiger partial charge >= 0.3 is 11.9 Å². The first-order valence-corrected chi connectivity index (χ1v) is 17.5. The minimum Gasteiger partial charge on any atom is -0.467 e. The van der Waals surface area contributed by atoms with Crippen molar-refractivity contribution < 1.29 is 38.2 Å². The van der Waals surface area contributed by atoms with Crippen LogP contribution < -0.4 is 21.3 Å². The van der Waals surface area contributed by atoms with E-state index in [1.165, 1.54) is 41.9 Å². The number of ether oxygens (including phenoxy) is 2. The Bertz CT molecular complexity index is 1870. The van der Waals surface area contributed by atoms with E-state index in [4.69, 9.17) is 0 Å². The highest BCUT2D eigenvalue weighted by atomic mass is 16.5. The lowest BCUT2D eigenvalue weighted by Crippen LogP contribution is -2.41. The fourth-order valence-corrected chi connectivity index (χ4v) is 4.65. The van der Waals surface area contributed by atoms with Gasteiger partial charge in [0, 0.05) is 39.8 Å². The van der Waals surface area contributed by atoms with E-state index in [0.717, 1.165) is 22.3 Å². The number of amides is 4. The van der Waals surface area contributed by atoms with E-state index in [0.29, 0.717) is 12.1 Å². The van der Waals surface area contributed by atoms with Gasteiger partial charge in [-0.15, -0.1) is 0 Å². The maximum atomic E-state index is 11.4. The minimum absolute atomic E-state index is 0.00588. The fraction of sp³-hybridized carbons (Fsp3) is 0.227. The van der Waals surface area contributed by atoms with E-state index in [1.807, 2.05) is 128 Å². The monoisotopic (exact) mass is 764 g/mol. The highest BCUT2D eigenvalue weighted by Gasteiger charge is 2.20. The van der Waals surface area contributed by atoms with Gasteiger partial charge in [0.05, 0.1) is 20.3 Å². The number of hydrogen-bond acceptors (Lipinski definition) is 8. The first-order valence-electron chi connectivity index (χ1n) is 17.5. The topological polar surface area (TPSA) is 169 Å². The molecular weight excluding hydrogens is 713 g/mol. The lowest BCUT2D eigenvalue weighted by molar-refractivity contribution is -0.144. The summed E-state index contributed by atoms with van der Waals surface area (Å²) in [6.07, 6.45) is 2.00. The average Bonchev–Trinajstić information content (AvgIpc) is 3.18. The predicted molar refractivity (Wildman–Crippen MR) is 218 cm³/mol. The third-order valence-electron chi connectivity index (χ3n) is 7.14. The smallest absolute Gasteiger partial charge is 0.354 e. The van der Waals surface area contributed by atoms with Crippen LogP contribution in [0.3, 0.4) is 0 Å². The van der Waals surface area contributed by atoms with E-state index in [2.05, 4.69) is 37.3 Å². The number of benzene rings is 4. The molecule has 0 unspecified atom stereocenters. The van der Waals surface area contributed by atoms with E-state index in [9.17, 15) is 28.8 Å². The van der Waals surface area contributed by atoms with Crippen molar-refractivity contribution >= 4 is 47.3 Å². The number of carbonyl (C=O) groups is 6. The van der Waals surface area contributed by atoms with Crippen molar-refractivity contribution in [2.75, 3.05) is 14.2 Å². The van der Waals surface area contributed by atoms with E-state index < -0.39 is 18.0 Å². The summed E-state index contributed by atoms with van der Waals surface area (Å²) in [7, 11) is 2.57. The largest absolute Gasteiger partial charge is 0.467 e. The van der Waals surface area contributed by atoms with Gasteiger partial charge < -0.3 is 30.7 Å². The maximum Gasteiger partial charge on any atom is 0.354 e. The van der Waals surface area contributed by atoms with Gasteiger partial charge in [-0.2, -0.15) is 0 Å². The Kier molecular flexibility index (Phi) is 22.6. The molecule has 0 saturated carbocycles. The molecule has 0 spiro atoms. The Morgan fingerprint density at radius 2 is 1.07 bits per heavy atom. The van der Waals surface area contributed by atoms with E-state index in [-0.39, 0.29) is 35.4 Å². The van der Waals surface area contributed by atoms with Gasteiger partial charge in [0.2, 0.25) is 23.6 Å². The molecule has 0 aliphatic heterocycles. The number of esters is 2. The molecule has 0 aliphatic carbocycles. The van der Waals surface area contributed by atoms with Crippen molar-refractivity contribution in [1.29, 1.82) is 0 Å². The first kappa shape index (κ1) is 47.2. The highest BCUT2D eigenvalue weighted by molar-refractivity contribution is 5.97. The van der Waals surface area contributed by atoms with Gasteiger partial charge in [-0.05, 0) is 35.3 Å². The summed E-state index contributed by atoms with van der Waals surface area (Å²) in [6, 6.07) is 37.6. The zero-order valence-electron chi connectivity index (χ0n) is 33.0. The molecule has 4 aromatic carbocycles. The van der Waals surface area contributed by atoms with Gasteiger partial charge in [-0.25, -0.2) is 9.59 Å². The number of methoxy groups -OCH3 is 2. The lowest BCUT2D eigenvalue weighted by atomic mass is 10.1. The molecule has 4 N–H and O–H groups in total. The maximum absolute atomic E-state index is 11.4. The fourth-order valence-electron chi connectivity index (χ4n) is 4.65. The molecule has 0 bridgehead atoms. The van der Waals surface area contributed by atoms with Crippen LogP contribution in [0, 0.1) is 0 Å². The van der Waals surface area contributed by atoms with Crippen molar-refractivity contribution in [2.24, 2.45) is 0 Å². The molecule has 4 amide bonds. The van der Waals surface area contributed by atoms with Crippen LogP contribution in [0.4, 0.5) is 0 Å². The van der Waals surface area contributed by atoms with Crippen LogP contribution in [-0.4, -0.2) is 55.8 Å². The Hall–Kier alpha value is -6.82. The first-order chi connectivity index (χ1) is 26.7. The van der Waals surface area contributed by atoms with Crippen LogP contribution in [-0.2, 0) is 44.7 Å². The Morgan fingerprint density at radius 3 is 1.52 bits per heavy atom. The van der Waals surface area contributed by atoms with Crippen LogP contribution in [0.25, 0.3) is 11.8 Å². The Labute approximate surface area is 329 Å². The van der Waals surface area contributed by atoms with Gasteiger partial charge in [0.1, 0.15) is 11.7 Å². The number of rotatable bonds is 11. The zero-order valence-corrected chi connectivity index (χ0v) is 33.0. The number of nitrogens with one attached hydrogen (secondary N) is 4. The Balaban J connectivity index is 0.000000377. The van der Waals surface area contributed by atoms with Gasteiger partial charge in [0.25, 0.3) is 0 Å². The van der Waals surface area contributed by atoms with Crippen molar-refractivity contribution in [2.45, 2.75) is 53.1 Å². The predicted octanol–water partition coefficient (Wildman–Crippen LogP) is 5.92. The minimum atomic E-state index is -0.620. The molecular formula is C44H52N4O8. The van der Waals surface area contributed by atoms with Crippen LogP contribution in [0.5, 0.6) is 0 Å². The van der Waals surface area contributed by atoms with Crippen molar-refractivity contribution in [3.63, 3.8) is 0 Å². The van der Waals surface area contributed by atoms with Crippen molar-refractivity contribution in [1.82, 2.24) is 21.3 Å². The summed E-state index contributed by atoms with van der Waals surface area (Å²) >= 11 is 0. The molecule has 12 nitrogen and oxygen atoms in total. The normalized spacial score (nSPS) is 10.9. The molecule has 0 heterocycles. The van der Waals surface area contributed by atoms with Gasteiger partial charge in [-0.1, -0.05) is 128 Å². The third-order valence-corrected chi connectivity index (χ3v) is 7.14. The second-order valence-corrected chi connectivity index (χ2v) is 12.0. The molecule has 0 aliphatic rings. The number of carbonyl (C=O) groups excluding carboxylic acids is 6. The van der Waals surface area contributed by atoms with Gasteiger partial charge in [0.15, 0.2) is 0 Å². The van der Waals surface area contributed by atoms with Crippen LogP contribution in [0.2, 0.25) is 0 Å². The van der Waals surface area contributed by atoms with Crippen LogP contribution >= 0.6 is 0 Å². The van der Waals surface area contributed by atoms with Crippen molar-refractivity contribution in [3.8, 4) is 0 Å². The summed E-state index contributed by atoms with van der Waals surface area (Å²) in [4.78, 5) is 66.0. The molecule has 12 heteroatoms. The molecule has 4 aromatic rings. The molecule has 56 heavy (non-hydrogen) atoms. The summed E-state index contributed by atoms with van der Waals surface area (Å²) in [5, 5.41) is 10.4. The molecule has 0 fully saturated rings. The summed E-state index contributed by atoms with van der Waals surface area (Å²) < 4.78 is 9.20. The second kappa shape index (κ2) is 26.9. The molecule has 296 valence electrons. The molecule has 0 radical (unpaired) electrons. The quantitative estimate of drug-likeness (QED) is 0.108. The summed E-state index contributed by atoms with van der Waals surface area (Å²) in [5.41, 5.74) is 4.63. The Morgan fingerprint density at radius 1 is 0.607 bits per heavy atom. The molecule has 2 atom stereocenters. The van der Waals surface area contributed by atoms with Crippen LogP contribution in [0.1, 0.15) is 62.9 Å². The van der Waals surface area contributed by atoms with E-state index in [1.54, 1.807) is 6.08 Å². The second-order valence-electron chi connectivity index (χ2n) is 12.0. The number of hydrogen-bond donors (Lipinski definition) is 4. The molecule has 4 rings (SSSR count). The summed E-state index contributed by atoms with van der Waals surface area (Å²) in [6.45, 7) is 11.4. The molecule has 0 aromatic heterocycles. The molecule has 0 saturated heterocycles. The summed E-state index contributed by atoms with van der Waals surface area (Å²) in [5.74, 6) is -1.65. The van der Waals surface area contributed by atoms with Crippen LogP contribution in [0.15, 0.2) is 134 Å². The van der Waals surface area contributed by atoms with Gasteiger partial charge in [-0.3, -0.25) is 19.2 Å². The van der Waals surface area contributed by atoms with Crippen molar-refractivity contribution in [3.05, 3.63) is 156 Å². The standard InChI is InChI=1S/C12H15NO3.C12H13NO3.C10H13NO.C10H11NO/c2*1-9(14)13-11(12(15)16-2)8-10-6-4-3-5-7-10;2*1-8(11-9(2)12)10-6-4-3-5-7-10/h3-7,11H,8H2,1-2H3,(H,13,14);3-8H,1-2H3,(H,13,14);3-8H,1-2H3,(H,11,12);3-7H,1H2,2H3,(H,11,12)/b;11-8-;;/t11-;;8-;/m1.1./s1.